The summed E-state index contributed by atoms with van der Waals surface area (Å²) in [5.74, 6) is -0.362. The molecule has 1 atom stereocenters. The summed E-state index contributed by atoms with van der Waals surface area (Å²) in [5.41, 5.74) is 8.66. The number of halogens is 3. The summed E-state index contributed by atoms with van der Waals surface area (Å²) < 4.78 is 40.6. The summed E-state index contributed by atoms with van der Waals surface area (Å²) in [7, 11) is 0. The van der Waals surface area contributed by atoms with Crippen LogP contribution in [0.25, 0.3) is 0 Å². The van der Waals surface area contributed by atoms with E-state index >= 15 is 0 Å². The number of hydrogen-bond donors (Lipinski definition) is 1. The summed E-state index contributed by atoms with van der Waals surface area (Å²) in [4.78, 5) is 11.6. The Bertz CT molecular complexity index is 855. The first-order valence-corrected chi connectivity index (χ1v) is 7.90. The molecule has 0 aromatic heterocycles. The number of nitrogen functional groups attached to an aromatic ring is 1. The number of ether oxygens (including phenoxy) is 1. The molecule has 10 heteroatoms. The summed E-state index contributed by atoms with van der Waals surface area (Å²) in [6.45, 7) is 2.19. The Morgan fingerprint density at radius 3 is 2.48 bits per heavy atom. The lowest BCUT2D eigenvalue weighted by atomic mass is 10.1. The Balaban J connectivity index is 1.73. The van der Waals surface area contributed by atoms with Crippen LogP contribution in [0.1, 0.15) is 11.1 Å². The first-order valence-electron chi connectivity index (χ1n) is 7.90. The van der Waals surface area contributed by atoms with Crippen molar-refractivity contribution in [2.24, 2.45) is 10.4 Å². The molecule has 2 aromatic rings. The Morgan fingerprint density at radius 2 is 1.89 bits per heavy atom. The zero-order chi connectivity index (χ0) is 19.6. The van der Waals surface area contributed by atoms with Gasteiger partial charge in [0.25, 0.3) is 0 Å². The quantitative estimate of drug-likeness (QED) is 0.634. The maximum absolute atomic E-state index is 12.2. The van der Waals surface area contributed by atoms with Crippen LogP contribution in [0.15, 0.2) is 52.9 Å². The number of nitrogens with two attached hydrogens (primary N) is 1. The maximum atomic E-state index is 12.2. The second kappa shape index (κ2) is 7.14. The topological polar surface area (TPSA) is 83.5 Å². The zero-order valence-corrected chi connectivity index (χ0v) is 14.2. The van der Waals surface area contributed by atoms with Crippen molar-refractivity contribution in [3.63, 3.8) is 0 Å². The SMILES string of the molecule is Cc1cc(CN2N=NN(c3ccc(OC(F)(F)F)cc3)C2C=O)ccc1N. The predicted octanol–water partition coefficient (Wildman–Crippen LogP) is 3.61. The number of rotatable bonds is 5. The van der Waals surface area contributed by atoms with E-state index in [-0.39, 0.29) is 5.75 Å². The van der Waals surface area contributed by atoms with Crippen LogP contribution in [0.5, 0.6) is 5.75 Å². The van der Waals surface area contributed by atoms with Crippen molar-refractivity contribution < 1.29 is 22.7 Å². The van der Waals surface area contributed by atoms with Crippen molar-refractivity contribution in [3.05, 3.63) is 53.6 Å². The van der Waals surface area contributed by atoms with Gasteiger partial charge >= 0.3 is 6.36 Å². The number of carbonyl (C=O) groups excluding carboxylic acids is 1. The normalized spacial score (nSPS) is 16.7. The van der Waals surface area contributed by atoms with E-state index in [9.17, 15) is 18.0 Å². The van der Waals surface area contributed by atoms with Crippen molar-refractivity contribution in [2.75, 3.05) is 10.7 Å². The Kier molecular flexibility index (Phi) is 4.89. The molecule has 0 saturated heterocycles. The predicted molar refractivity (Wildman–Crippen MR) is 91.4 cm³/mol. The number of anilines is 2. The number of aldehydes is 1. The minimum atomic E-state index is -4.77. The molecule has 7 nitrogen and oxygen atoms in total. The fraction of sp³-hybridized carbons (Fsp3) is 0.235. The van der Waals surface area contributed by atoms with Gasteiger partial charge < -0.3 is 10.5 Å². The van der Waals surface area contributed by atoms with E-state index in [4.69, 9.17) is 5.73 Å². The highest BCUT2D eigenvalue weighted by atomic mass is 19.4. The second-order valence-electron chi connectivity index (χ2n) is 5.90. The minimum absolute atomic E-state index is 0.319. The van der Waals surface area contributed by atoms with Crippen LogP contribution in [0, 0.1) is 6.92 Å². The third kappa shape index (κ3) is 4.27. The van der Waals surface area contributed by atoms with Gasteiger partial charge in [0, 0.05) is 5.69 Å². The van der Waals surface area contributed by atoms with Gasteiger partial charge in [-0.2, -0.15) is 0 Å². The number of aryl methyl sites for hydroxylation is 1. The lowest BCUT2D eigenvalue weighted by Gasteiger charge is -2.23. The second-order valence-corrected chi connectivity index (χ2v) is 5.90. The lowest BCUT2D eigenvalue weighted by molar-refractivity contribution is -0.274. The van der Waals surface area contributed by atoms with E-state index in [2.05, 4.69) is 15.2 Å². The Morgan fingerprint density at radius 1 is 1.19 bits per heavy atom. The zero-order valence-electron chi connectivity index (χ0n) is 14.2. The molecular formula is C17H16F3N5O2. The van der Waals surface area contributed by atoms with Crippen LogP contribution < -0.4 is 15.5 Å². The van der Waals surface area contributed by atoms with E-state index in [1.807, 2.05) is 19.1 Å². The van der Waals surface area contributed by atoms with Crippen LogP contribution in [-0.2, 0) is 11.3 Å². The first kappa shape index (κ1) is 18.5. The van der Waals surface area contributed by atoms with E-state index in [1.165, 1.54) is 22.2 Å². The summed E-state index contributed by atoms with van der Waals surface area (Å²) in [6, 6.07) is 10.5. The number of nitrogens with zero attached hydrogens (tertiary/aromatic N) is 4. The van der Waals surface area contributed by atoms with Crippen LogP contribution in [0.4, 0.5) is 24.5 Å². The van der Waals surface area contributed by atoms with E-state index in [1.54, 1.807) is 6.07 Å². The monoisotopic (exact) mass is 379 g/mol. The van der Waals surface area contributed by atoms with E-state index < -0.39 is 12.5 Å². The highest BCUT2D eigenvalue weighted by Crippen LogP contribution is 2.29. The Labute approximate surface area is 152 Å². The molecule has 1 heterocycles. The molecule has 27 heavy (non-hydrogen) atoms. The van der Waals surface area contributed by atoms with Gasteiger partial charge in [-0.15, -0.1) is 13.2 Å². The number of benzene rings is 2. The number of hydrogen-bond acceptors (Lipinski definition) is 7. The molecule has 0 amide bonds. The molecule has 1 unspecified atom stereocenters. The summed E-state index contributed by atoms with van der Waals surface area (Å²) in [5, 5.41) is 10.7. The van der Waals surface area contributed by atoms with Gasteiger partial charge in [-0.1, -0.05) is 17.4 Å². The third-order valence-corrected chi connectivity index (χ3v) is 3.94. The van der Waals surface area contributed by atoms with Crippen molar-refractivity contribution in [1.82, 2.24) is 5.01 Å². The van der Waals surface area contributed by atoms with Gasteiger partial charge in [0.2, 0.25) is 0 Å². The molecular weight excluding hydrogens is 363 g/mol. The molecule has 0 bridgehead atoms. The van der Waals surface area contributed by atoms with Gasteiger partial charge in [-0.25, -0.2) is 10.0 Å². The van der Waals surface area contributed by atoms with E-state index in [0.29, 0.717) is 24.2 Å². The van der Waals surface area contributed by atoms with Gasteiger partial charge in [-0.3, -0.25) is 4.79 Å². The standard InChI is InChI=1S/C17H16F3N5O2/c1-11-8-12(2-7-15(11)21)9-24-16(10-26)25(23-22-24)13-3-5-14(6-4-13)27-17(18,19)20/h2-8,10,16H,9,21H2,1H3. The van der Waals surface area contributed by atoms with Crippen LogP contribution in [0.3, 0.4) is 0 Å². The lowest BCUT2D eigenvalue weighted by Crippen LogP contribution is -2.39. The molecule has 1 aliphatic rings. The van der Waals surface area contributed by atoms with E-state index in [0.717, 1.165) is 23.3 Å². The molecule has 0 saturated carbocycles. The summed E-state index contributed by atoms with van der Waals surface area (Å²) >= 11 is 0. The van der Waals surface area contributed by atoms with Gasteiger partial charge in [0.05, 0.1) is 12.2 Å². The van der Waals surface area contributed by atoms with Crippen molar-refractivity contribution in [2.45, 2.75) is 26.0 Å². The van der Waals surface area contributed by atoms with Crippen molar-refractivity contribution in [3.8, 4) is 5.75 Å². The largest absolute Gasteiger partial charge is 0.573 e. The summed E-state index contributed by atoms with van der Waals surface area (Å²) in [6.07, 6.45) is -4.93. The van der Waals surface area contributed by atoms with Crippen LogP contribution >= 0.6 is 0 Å². The fourth-order valence-corrected chi connectivity index (χ4v) is 2.61. The smallest absolute Gasteiger partial charge is 0.406 e. The molecule has 142 valence electrons. The maximum Gasteiger partial charge on any atom is 0.573 e. The van der Waals surface area contributed by atoms with Crippen LogP contribution in [0.2, 0.25) is 0 Å². The molecule has 2 N–H and O–H groups in total. The van der Waals surface area contributed by atoms with Gasteiger partial charge in [-0.05, 0) is 53.6 Å². The molecule has 0 radical (unpaired) electrons. The molecule has 0 fully saturated rings. The third-order valence-electron chi connectivity index (χ3n) is 3.94. The Hall–Kier alpha value is -3.30. The van der Waals surface area contributed by atoms with Crippen LogP contribution in [-0.4, -0.2) is 23.8 Å². The average molecular weight is 379 g/mol. The first-order chi connectivity index (χ1) is 12.8. The number of carbonyl (C=O) groups is 1. The highest BCUT2D eigenvalue weighted by Gasteiger charge is 2.32. The number of alkyl halides is 3. The molecule has 0 aliphatic carbocycles. The molecule has 2 aromatic carbocycles. The highest BCUT2D eigenvalue weighted by molar-refractivity contribution is 5.66. The molecule has 1 aliphatic heterocycles. The minimum Gasteiger partial charge on any atom is -0.406 e. The van der Waals surface area contributed by atoms with Gasteiger partial charge in [0.1, 0.15) is 5.75 Å². The van der Waals surface area contributed by atoms with Crippen molar-refractivity contribution >= 4 is 17.7 Å². The molecule has 0 spiro atoms. The van der Waals surface area contributed by atoms with Gasteiger partial charge in [0.15, 0.2) is 12.5 Å². The van der Waals surface area contributed by atoms with Crippen molar-refractivity contribution in [1.29, 1.82) is 0 Å². The molecule has 3 rings (SSSR count). The average Bonchev–Trinajstić information content (AvgIpc) is 3.00. The fourth-order valence-electron chi connectivity index (χ4n) is 2.61.